The summed E-state index contributed by atoms with van der Waals surface area (Å²) in [6, 6.07) is 0. The summed E-state index contributed by atoms with van der Waals surface area (Å²) in [6.45, 7) is 53.4. The van der Waals surface area contributed by atoms with E-state index in [9.17, 15) is 0 Å². The van der Waals surface area contributed by atoms with Gasteiger partial charge < -0.3 is 0 Å². The zero-order valence-corrected chi connectivity index (χ0v) is 30.5. The molecule has 0 N–H and O–H groups in total. The van der Waals surface area contributed by atoms with Crippen LogP contribution in [0.3, 0.4) is 0 Å². The predicted molar refractivity (Wildman–Crippen MR) is 194 cm³/mol. The van der Waals surface area contributed by atoms with E-state index in [0.717, 1.165) is 0 Å². The van der Waals surface area contributed by atoms with Gasteiger partial charge in [0.25, 0.3) is 0 Å². The summed E-state index contributed by atoms with van der Waals surface area (Å²) in [4.78, 5) is 0. The van der Waals surface area contributed by atoms with E-state index in [-0.39, 0.29) is 22.3 Å². The Balaban J connectivity index is -0.0000000389. The second-order valence-electron chi connectivity index (χ2n) is 17.4. The van der Waals surface area contributed by atoms with Gasteiger partial charge in [-0.3, -0.25) is 0 Å². The minimum atomic E-state index is 0. The zero-order valence-electron chi connectivity index (χ0n) is 30.5. The second kappa shape index (κ2) is 28.5. The maximum absolute atomic E-state index is 2.30. The van der Waals surface area contributed by atoms with Gasteiger partial charge in [0.05, 0.1) is 0 Å². The smallest absolute Gasteiger partial charge is 0.0382 e. The molecule has 0 radical (unpaired) electrons. The normalized spacial score (nSPS) is 11.1. The van der Waals surface area contributed by atoms with Crippen LogP contribution in [0.25, 0.3) is 0 Å². The predicted octanol–water partition coefficient (Wildman–Crippen LogP) is 16.2. The van der Waals surface area contributed by atoms with Crippen molar-refractivity contribution in [1.29, 1.82) is 0 Å². The van der Waals surface area contributed by atoms with E-state index in [1.807, 2.05) is 13.8 Å². The molecule has 0 unspecified atom stereocenters. The lowest BCUT2D eigenvalue weighted by atomic mass is 9.81. The van der Waals surface area contributed by atoms with Gasteiger partial charge in [-0.15, -0.1) is 0 Å². The molecule has 0 aromatic heterocycles. The van der Waals surface area contributed by atoms with Crippen LogP contribution in [0.4, 0.5) is 0 Å². The molecule has 0 spiro atoms. The first-order valence-electron chi connectivity index (χ1n) is 14.9. The topological polar surface area (TPSA) is 0 Å². The molecule has 0 saturated carbocycles. The molecular formula is C38H94. The van der Waals surface area contributed by atoms with Crippen LogP contribution >= 0.6 is 0 Å². The molecule has 0 heteroatoms. The lowest BCUT2D eigenvalue weighted by Gasteiger charge is -2.24. The Morgan fingerprint density at radius 3 is 0.395 bits per heavy atom. The minimum Gasteiger partial charge on any atom is -0.0776 e. The molecule has 0 nitrogen and oxygen atoms in total. The molecule has 0 aliphatic rings. The SMILES string of the molecule is C.C.C.CC.CC(C)(C)C.CC(C)(C)CCC(C)(C)C.CCC(C)(C)C.CCC(C)(C)C.CCC(C)(C)C. The minimum absolute atomic E-state index is 0. The van der Waals surface area contributed by atoms with Crippen LogP contribution in [0.5, 0.6) is 0 Å². The molecule has 0 saturated heterocycles. The Morgan fingerprint density at radius 2 is 0.368 bits per heavy atom. The fraction of sp³-hybridized carbons (Fsp3) is 1.00. The lowest BCUT2D eigenvalue weighted by molar-refractivity contribution is 0.275. The van der Waals surface area contributed by atoms with Crippen LogP contribution in [-0.4, -0.2) is 0 Å². The molecule has 0 aliphatic carbocycles. The van der Waals surface area contributed by atoms with Crippen molar-refractivity contribution in [2.24, 2.45) is 32.5 Å². The third-order valence-corrected chi connectivity index (χ3v) is 4.81. The van der Waals surface area contributed by atoms with Crippen molar-refractivity contribution in [1.82, 2.24) is 0 Å². The van der Waals surface area contributed by atoms with Gasteiger partial charge >= 0.3 is 0 Å². The van der Waals surface area contributed by atoms with Gasteiger partial charge in [0.2, 0.25) is 0 Å². The number of hydrogen-bond donors (Lipinski definition) is 0. The summed E-state index contributed by atoms with van der Waals surface area (Å²) < 4.78 is 0. The summed E-state index contributed by atoms with van der Waals surface area (Å²) in [5, 5.41) is 0. The van der Waals surface area contributed by atoms with Gasteiger partial charge in [0.1, 0.15) is 0 Å². The fourth-order valence-electron chi connectivity index (χ4n) is 0.750. The molecule has 0 amide bonds. The van der Waals surface area contributed by atoms with E-state index in [4.69, 9.17) is 0 Å². The molecule has 0 heterocycles. The van der Waals surface area contributed by atoms with Gasteiger partial charge in [-0.25, -0.2) is 0 Å². The van der Waals surface area contributed by atoms with Gasteiger partial charge in [0, 0.05) is 0 Å². The molecule has 0 rings (SSSR count). The highest BCUT2D eigenvalue weighted by Crippen LogP contribution is 2.29. The highest BCUT2D eigenvalue weighted by Gasteiger charge is 2.16. The Bertz CT molecular complexity index is 329. The molecule has 38 heavy (non-hydrogen) atoms. The average Bonchev–Trinajstić information content (AvgIpc) is 2.59. The average molecular weight is 551 g/mol. The van der Waals surface area contributed by atoms with Crippen LogP contribution in [0.2, 0.25) is 0 Å². The van der Waals surface area contributed by atoms with Crippen LogP contribution in [-0.2, 0) is 0 Å². The van der Waals surface area contributed by atoms with Gasteiger partial charge in [-0.2, -0.15) is 0 Å². The molecule has 246 valence electrons. The first kappa shape index (κ1) is 61.9. The van der Waals surface area contributed by atoms with Crippen molar-refractivity contribution in [3.8, 4) is 0 Å². The molecule has 0 bridgehead atoms. The first-order valence-corrected chi connectivity index (χ1v) is 14.9. The van der Waals surface area contributed by atoms with E-state index in [1.165, 1.54) is 32.1 Å². The number of hydrogen-bond acceptors (Lipinski definition) is 0. The van der Waals surface area contributed by atoms with Crippen molar-refractivity contribution in [3.05, 3.63) is 0 Å². The van der Waals surface area contributed by atoms with Crippen LogP contribution < -0.4 is 0 Å². The zero-order chi connectivity index (χ0) is 30.5. The van der Waals surface area contributed by atoms with Crippen molar-refractivity contribution in [3.63, 3.8) is 0 Å². The standard InChI is InChI=1S/C10H22.3C6H14.C5H12.C2H6.3CH4/c1-9(2,3)7-8-10(4,5)6;3*1-5-6(2,3)4;1-5(2,3)4;1-2;;;/h7-8H2,1-6H3;3*5H2,1-4H3;1-4H3;1-2H3;3*1H4. The van der Waals surface area contributed by atoms with E-state index in [1.54, 1.807) is 0 Å². The molecular weight excluding hydrogens is 456 g/mol. The molecule has 0 aromatic carbocycles. The molecule has 0 aromatic rings. The summed E-state index contributed by atoms with van der Waals surface area (Å²) in [5.74, 6) is 0. The Morgan fingerprint density at radius 1 is 0.289 bits per heavy atom. The largest absolute Gasteiger partial charge is 0.0776 e. The van der Waals surface area contributed by atoms with Crippen molar-refractivity contribution in [2.45, 2.75) is 221 Å². The first-order chi connectivity index (χ1) is 14.9. The van der Waals surface area contributed by atoms with Gasteiger partial charge in [0.15, 0.2) is 0 Å². The quantitative estimate of drug-likeness (QED) is 0.304. The second-order valence-corrected chi connectivity index (χ2v) is 17.4. The maximum Gasteiger partial charge on any atom is -0.0382 e. The lowest BCUT2D eigenvalue weighted by Crippen LogP contribution is -2.12. The van der Waals surface area contributed by atoms with Gasteiger partial charge in [-0.1, -0.05) is 208 Å². The summed E-state index contributed by atoms with van der Waals surface area (Å²) >= 11 is 0. The summed E-state index contributed by atoms with van der Waals surface area (Å²) in [6.07, 6.45) is 6.47. The maximum atomic E-state index is 2.30. The van der Waals surface area contributed by atoms with E-state index in [0.29, 0.717) is 32.5 Å². The van der Waals surface area contributed by atoms with Crippen LogP contribution in [0, 0.1) is 32.5 Å². The van der Waals surface area contributed by atoms with Crippen LogP contribution in [0.1, 0.15) is 221 Å². The Labute approximate surface area is 252 Å². The Hall–Kier alpha value is 0. The summed E-state index contributed by atoms with van der Waals surface area (Å²) in [7, 11) is 0. The number of rotatable bonds is 1. The van der Waals surface area contributed by atoms with Crippen molar-refractivity contribution < 1.29 is 0 Å². The third kappa shape index (κ3) is 172. The van der Waals surface area contributed by atoms with Crippen molar-refractivity contribution in [2.75, 3.05) is 0 Å². The van der Waals surface area contributed by atoms with E-state index >= 15 is 0 Å². The van der Waals surface area contributed by atoms with Crippen LogP contribution in [0.15, 0.2) is 0 Å². The van der Waals surface area contributed by atoms with Gasteiger partial charge in [-0.05, 0) is 45.3 Å². The molecule has 0 aliphatic heterocycles. The highest BCUT2D eigenvalue weighted by molar-refractivity contribution is 4.68. The van der Waals surface area contributed by atoms with E-state index < -0.39 is 0 Å². The van der Waals surface area contributed by atoms with E-state index in [2.05, 4.69) is 152 Å². The Kier molecular flexibility index (Phi) is 46.4. The fourth-order valence-corrected chi connectivity index (χ4v) is 0.750. The monoisotopic (exact) mass is 551 g/mol. The van der Waals surface area contributed by atoms with Crippen molar-refractivity contribution >= 4 is 0 Å². The summed E-state index contributed by atoms with van der Waals surface area (Å²) in [5.41, 5.74) is 3.14. The molecule has 0 atom stereocenters. The molecule has 0 fully saturated rings. The third-order valence-electron chi connectivity index (χ3n) is 4.81. The highest BCUT2D eigenvalue weighted by atomic mass is 14.2.